The molecule has 0 aromatic carbocycles. The van der Waals surface area contributed by atoms with Crippen molar-refractivity contribution < 1.29 is 4.79 Å². The van der Waals surface area contributed by atoms with Crippen LogP contribution in [0.5, 0.6) is 0 Å². The number of anilines is 1. The fourth-order valence-corrected chi connectivity index (χ4v) is 1.79. The molecule has 0 bridgehead atoms. The van der Waals surface area contributed by atoms with Crippen LogP contribution in [0.3, 0.4) is 0 Å². The van der Waals surface area contributed by atoms with Crippen LogP contribution in [0.4, 0.5) is 5.82 Å². The summed E-state index contributed by atoms with van der Waals surface area (Å²) in [4.78, 5) is 11.8. The average Bonchev–Trinajstić information content (AvgIpc) is 2.65. The lowest BCUT2D eigenvalue weighted by Gasteiger charge is -2.21. The highest BCUT2D eigenvalue weighted by Gasteiger charge is 2.21. The average molecular weight is 208 g/mol. The summed E-state index contributed by atoms with van der Waals surface area (Å²) >= 11 is 0. The van der Waals surface area contributed by atoms with Gasteiger partial charge in [0.15, 0.2) is 5.82 Å². The lowest BCUT2D eigenvalue weighted by atomic mass is 9.99. The van der Waals surface area contributed by atoms with E-state index in [4.69, 9.17) is 0 Å². The Hall–Kier alpha value is -1.36. The molecule has 82 valence electrons. The van der Waals surface area contributed by atoms with Gasteiger partial charge in [0, 0.05) is 18.3 Å². The van der Waals surface area contributed by atoms with E-state index in [0.717, 1.165) is 31.6 Å². The van der Waals surface area contributed by atoms with Gasteiger partial charge in [0.1, 0.15) is 0 Å². The largest absolute Gasteiger partial charge is 0.316 e. The van der Waals surface area contributed by atoms with Crippen molar-refractivity contribution in [3.8, 4) is 0 Å². The number of aryl methyl sites for hydroxylation is 1. The number of piperidine rings is 1. The maximum atomic E-state index is 11.8. The van der Waals surface area contributed by atoms with Crippen molar-refractivity contribution in [1.29, 1.82) is 0 Å². The Balaban J connectivity index is 1.91. The number of aromatic nitrogens is 2. The van der Waals surface area contributed by atoms with Crippen molar-refractivity contribution in [2.24, 2.45) is 5.92 Å². The molecule has 3 N–H and O–H groups in total. The van der Waals surface area contributed by atoms with Crippen LogP contribution >= 0.6 is 0 Å². The normalized spacial score (nSPS) is 21.3. The van der Waals surface area contributed by atoms with Crippen molar-refractivity contribution in [1.82, 2.24) is 15.5 Å². The van der Waals surface area contributed by atoms with E-state index in [2.05, 4.69) is 20.8 Å². The number of nitrogens with one attached hydrogen (secondary N) is 3. The van der Waals surface area contributed by atoms with Crippen molar-refractivity contribution in [2.75, 3.05) is 18.4 Å². The minimum Gasteiger partial charge on any atom is -0.316 e. The van der Waals surface area contributed by atoms with Gasteiger partial charge in [-0.15, -0.1) is 0 Å². The van der Waals surface area contributed by atoms with E-state index in [1.807, 2.05) is 13.0 Å². The molecule has 1 aliphatic rings. The molecule has 1 saturated heterocycles. The standard InChI is InChI=1S/C10H16N4O/c1-7-5-9(14-13-7)12-10(15)8-3-2-4-11-6-8/h5,8,11H,2-4,6H2,1H3,(H2,12,13,14,15)/t8-/m0/s1. The van der Waals surface area contributed by atoms with E-state index >= 15 is 0 Å². The van der Waals surface area contributed by atoms with Crippen LogP contribution < -0.4 is 10.6 Å². The van der Waals surface area contributed by atoms with Gasteiger partial charge < -0.3 is 10.6 Å². The second-order valence-electron chi connectivity index (χ2n) is 3.97. The minimum atomic E-state index is 0.0636. The molecule has 1 fully saturated rings. The zero-order valence-corrected chi connectivity index (χ0v) is 8.84. The van der Waals surface area contributed by atoms with Crippen LogP contribution in [-0.2, 0) is 4.79 Å². The summed E-state index contributed by atoms with van der Waals surface area (Å²) in [5.74, 6) is 0.757. The number of hydrogen-bond donors (Lipinski definition) is 3. The monoisotopic (exact) mass is 208 g/mol. The Morgan fingerprint density at radius 3 is 3.13 bits per heavy atom. The molecule has 0 unspecified atom stereocenters. The third kappa shape index (κ3) is 2.56. The van der Waals surface area contributed by atoms with Gasteiger partial charge in [-0.25, -0.2) is 0 Å². The first-order chi connectivity index (χ1) is 7.25. The number of H-pyrrole nitrogens is 1. The minimum absolute atomic E-state index is 0.0636. The van der Waals surface area contributed by atoms with Crippen LogP contribution in [0.25, 0.3) is 0 Å². The number of rotatable bonds is 2. The fraction of sp³-hybridized carbons (Fsp3) is 0.600. The molecule has 5 heteroatoms. The van der Waals surface area contributed by atoms with Gasteiger partial charge in [-0.2, -0.15) is 5.10 Å². The molecule has 1 aromatic rings. The molecule has 2 rings (SSSR count). The number of hydrogen-bond acceptors (Lipinski definition) is 3. The Morgan fingerprint density at radius 1 is 1.67 bits per heavy atom. The summed E-state index contributed by atoms with van der Waals surface area (Å²) in [6, 6.07) is 1.83. The number of aromatic amines is 1. The van der Waals surface area contributed by atoms with E-state index in [0.29, 0.717) is 5.82 Å². The predicted molar refractivity (Wildman–Crippen MR) is 57.5 cm³/mol. The number of amides is 1. The first-order valence-electron chi connectivity index (χ1n) is 5.29. The summed E-state index contributed by atoms with van der Waals surface area (Å²) in [6.07, 6.45) is 2.03. The van der Waals surface area contributed by atoms with Crippen molar-refractivity contribution >= 4 is 11.7 Å². The zero-order chi connectivity index (χ0) is 10.7. The summed E-state index contributed by atoms with van der Waals surface area (Å²) in [6.45, 7) is 3.70. The van der Waals surface area contributed by atoms with Crippen LogP contribution in [0.15, 0.2) is 6.07 Å². The number of carbonyl (C=O) groups is 1. The maximum Gasteiger partial charge on any atom is 0.229 e. The van der Waals surface area contributed by atoms with Gasteiger partial charge in [0.05, 0.1) is 5.92 Å². The maximum absolute atomic E-state index is 11.8. The highest BCUT2D eigenvalue weighted by Crippen LogP contribution is 2.13. The predicted octanol–water partition coefficient (Wildman–Crippen LogP) is 0.656. The molecule has 5 nitrogen and oxygen atoms in total. The van der Waals surface area contributed by atoms with Crippen LogP contribution in [-0.4, -0.2) is 29.2 Å². The number of carbonyl (C=O) groups excluding carboxylic acids is 1. The molecule has 1 aliphatic heterocycles. The summed E-state index contributed by atoms with van der Waals surface area (Å²) in [5, 5.41) is 12.8. The smallest absolute Gasteiger partial charge is 0.229 e. The van der Waals surface area contributed by atoms with Gasteiger partial charge in [-0.05, 0) is 26.3 Å². The second-order valence-corrected chi connectivity index (χ2v) is 3.97. The first kappa shape index (κ1) is 10.2. The molecule has 0 aliphatic carbocycles. The summed E-state index contributed by atoms with van der Waals surface area (Å²) in [7, 11) is 0. The SMILES string of the molecule is Cc1cc(NC(=O)[C@H]2CCCNC2)n[nH]1. The van der Waals surface area contributed by atoms with Crippen molar-refractivity contribution in [3.63, 3.8) is 0 Å². The summed E-state index contributed by atoms with van der Waals surface area (Å²) < 4.78 is 0. The van der Waals surface area contributed by atoms with E-state index < -0.39 is 0 Å². The first-order valence-corrected chi connectivity index (χ1v) is 5.29. The Bertz CT molecular complexity index is 341. The molecule has 1 atom stereocenters. The second kappa shape index (κ2) is 4.44. The van der Waals surface area contributed by atoms with Gasteiger partial charge in [0.25, 0.3) is 0 Å². The highest BCUT2D eigenvalue weighted by molar-refractivity contribution is 5.91. The molecule has 15 heavy (non-hydrogen) atoms. The lowest BCUT2D eigenvalue weighted by molar-refractivity contribution is -0.120. The zero-order valence-electron chi connectivity index (χ0n) is 8.84. The van der Waals surface area contributed by atoms with Crippen molar-refractivity contribution in [3.05, 3.63) is 11.8 Å². The Labute approximate surface area is 88.6 Å². The molecular weight excluding hydrogens is 192 g/mol. The molecule has 0 saturated carbocycles. The van der Waals surface area contributed by atoms with Crippen LogP contribution in [0.1, 0.15) is 18.5 Å². The molecule has 0 spiro atoms. The van der Waals surface area contributed by atoms with Gasteiger partial charge in [-0.3, -0.25) is 9.89 Å². The van der Waals surface area contributed by atoms with Crippen LogP contribution in [0, 0.1) is 12.8 Å². The molecule has 1 amide bonds. The third-order valence-corrected chi connectivity index (χ3v) is 2.62. The molecule has 1 aromatic heterocycles. The third-order valence-electron chi connectivity index (χ3n) is 2.62. The number of nitrogens with zero attached hydrogens (tertiary/aromatic N) is 1. The quantitative estimate of drug-likeness (QED) is 0.668. The molecule has 2 heterocycles. The van der Waals surface area contributed by atoms with E-state index in [-0.39, 0.29) is 11.8 Å². The fourth-order valence-electron chi connectivity index (χ4n) is 1.79. The van der Waals surface area contributed by atoms with E-state index in [9.17, 15) is 4.79 Å². The van der Waals surface area contributed by atoms with Gasteiger partial charge in [0.2, 0.25) is 5.91 Å². The molecular formula is C10H16N4O. The Kier molecular flexibility index (Phi) is 3.01. The summed E-state index contributed by atoms with van der Waals surface area (Å²) in [5.41, 5.74) is 0.951. The topological polar surface area (TPSA) is 69.8 Å². The highest BCUT2D eigenvalue weighted by atomic mass is 16.2. The van der Waals surface area contributed by atoms with Crippen LogP contribution in [0.2, 0.25) is 0 Å². The lowest BCUT2D eigenvalue weighted by Crippen LogP contribution is -2.37. The molecule has 0 radical (unpaired) electrons. The van der Waals surface area contributed by atoms with Gasteiger partial charge >= 0.3 is 0 Å². The Morgan fingerprint density at radius 2 is 2.53 bits per heavy atom. The van der Waals surface area contributed by atoms with Crippen molar-refractivity contribution in [2.45, 2.75) is 19.8 Å². The van der Waals surface area contributed by atoms with E-state index in [1.54, 1.807) is 0 Å². The van der Waals surface area contributed by atoms with E-state index in [1.165, 1.54) is 0 Å². The van der Waals surface area contributed by atoms with Gasteiger partial charge in [-0.1, -0.05) is 0 Å².